The smallest absolute Gasteiger partial charge is 0.471 e. The highest BCUT2D eigenvalue weighted by Gasteiger charge is 2.38. The molecule has 1 aromatic carbocycles. The normalized spacial score (nSPS) is 11.5. The highest BCUT2D eigenvalue weighted by Crippen LogP contribution is 2.29. The van der Waals surface area contributed by atoms with Crippen molar-refractivity contribution in [3.63, 3.8) is 0 Å². The number of benzene rings is 1. The molecule has 0 fully saturated rings. The average molecular weight is 335 g/mol. The fourth-order valence-electron chi connectivity index (χ4n) is 1.90. The van der Waals surface area contributed by atoms with E-state index in [2.05, 4.69) is 19.6 Å². The summed E-state index contributed by atoms with van der Waals surface area (Å²) in [4.78, 5) is 7.46. The second kappa shape index (κ2) is 6.31. The number of pyridine rings is 1. The van der Waals surface area contributed by atoms with E-state index in [4.69, 9.17) is 4.74 Å². The molecule has 0 aliphatic heterocycles. The molecule has 8 heteroatoms. The Labute approximate surface area is 135 Å². The first-order valence-electron chi connectivity index (χ1n) is 6.97. The van der Waals surface area contributed by atoms with E-state index in [0.717, 1.165) is 11.1 Å². The summed E-state index contributed by atoms with van der Waals surface area (Å²) in [6, 6.07) is 10.3. The molecular formula is C16H12F3N3O2. The quantitative estimate of drug-likeness (QED) is 0.720. The van der Waals surface area contributed by atoms with E-state index in [0.29, 0.717) is 11.4 Å². The minimum atomic E-state index is -4.65. The van der Waals surface area contributed by atoms with Gasteiger partial charge in [0, 0.05) is 17.8 Å². The summed E-state index contributed by atoms with van der Waals surface area (Å²) in [7, 11) is 0. The van der Waals surface area contributed by atoms with Crippen LogP contribution in [0.5, 0.6) is 5.88 Å². The van der Waals surface area contributed by atoms with Crippen molar-refractivity contribution in [3.8, 4) is 17.3 Å². The SMILES string of the molecule is Cc1ccc(OCc2ccc(-c3noc(C(F)(F)F)n3)cc2)nc1. The van der Waals surface area contributed by atoms with E-state index in [1.807, 2.05) is 13.0 Å². The number of alkyl halides is 3. The second-order valence-electron chi connectivity index (χ2n) is 5.08. The summed E-state index contributed by atoms with van der Waals surface area (Å²) in [5.41, 5.74) is 2.29. The van der Waals surface area contributed by atoms with Crippen molar-refractivity contribution >= 4 is 0 Å². The molecular weight excluding hydrogens is 323 g/mol. The molecule has 2 aromatic heterocycles. The van der Waals surface area contributed by atoms with Gasteiger partial charge in [-0.1, -0.05) is 35.5 Å². The lowest BCUT2D eigenvalue weighted by Gasteiger charge is -2.05. The third-order valence-corrected chi connectivity index (χ3v) is 3.15. The molecule has 124 valence electrons. The van der Waals surface area contributed by atoms with Crippen molar-refractivity contribution in [2.24, 2.45) is 0 Å². The molecule has 0 aliphatic carbocycles. The van der Waals surface area contributed by atoms with Crippen LogP contribution in [0.1, 0.15) is 17.0 Å². The molecule has 24 heavy (non-hydrogen) atoms. The van der Waals surface area contributed by atoms with Crippen LogP contribution in [-0.2, 0) is 12.8 Å². The van der Waals surface area contributed by atoms with Crippen LogP contribution < -0.4 is 4.74 Å². The van der Waals surface area contributed by atoms with Crippen LogP contribution in [0.25, 0.3) is 11.4 Å². The maximum absolute atomic E-state index is 12.4. The van der Waals surface area contributed by atoms with Crippen molar-refractivity contribution in [3.05, 3.63) is 59.6 Å². The number of aryl methyl sites for hydroxylation is 1. The van der Waals surface area contributed by atoms with E-state index in [-0.39, 0.29) is 12.4 Å². The first kappa shape index (κ1) is 16.0. The minimum Gasteiger partial charge on any atom is -0.473 e. The van der Waals surface area contributed by atoms with E-state index in [1.165, 1.54) is 0 Å². The monoisotopic (exact) mass is 335 g/mol. The molecule has 0 atom stereocenters. The number of rotatable bonds is 4. The molecule has 3 aromatic rings. The molecule has 0 N–H and O–H groups in total. The highest BCUT2D eigenvalue weighted by atomic mass is 19.4. The Kier molecular flexibility index (Phi) is 4.20. The van der Waals surface area contributed by atoms with Gasteiger partial charge in [0.2, 0.25) is 11.7 Å². The molecule has 5 nitrogen and oxygen atoms in total. The molecule has 3 rings (SSSR count). The number of hydrogen-bond acceptors (Lipinski definition) is 5. The van der Waals surface area contributed by atoms with E-state index in [1.54, 1.807) is 36.5 Å². The maximum atomic E-state index is 12.4. The summed E-state index contributed by atoms with van der Waals surface area (Å²) in [6.07, 6.45) is -2.95. The van der Waals surface area contributed by atoms with Crippen molar-refractivity contribution in [1.29, 1.82) is 0 Å². The van der Waals surface area contributed by atoms with Crippen molar-refractivity contribution < 1.29 is 22.4 Å². The van der Waals surface area contributed by atoms with Crippen LogP contribution in [0, 0.1) is 6.92 Å². The van der Waals surface area contributed by atoms with Crippen LogP contribution in [0.4, 0.5) is 13.2 Å². The lowest BCUT2D eigenvalue weighted by molar-refractivity contribution is -0.159. The van der Waals surface area contributed by atoms with Gasteiger partial charge < -0.3 is 9.26 Å². The standard InChI is InChI=1S/C16H12F3N3O2/c1-10-2-7-13(20-8-10)23-9-11-3-5-12(6-4-11)14-21-15(24-22-14)16(17,18)19/h2-8H,9H2,1H3. The summed E-state index contributed by atoms with van der Waals surface area (Å²) >= 11 is 0. The predicted molar refractivity (Wildman–Crippen MR) is 78.0 cm³/mol. The number of ether oxygens (including phenoxy) is 1. The molecule has 0 spiro atoms. The summed E-state index contributed by atoms with van der Waals surface area (Å²) in [5, 5.41) is 3.34. The number of hydrogen-bond donors (Lipinski definition) is 0. The van der Waals surface area contributed by atoms with Gasteiger partial charge in [0.1, 0.15) is 6.61 Å². The predicted octanol–water partition coefficient (Wildman–Crippen LogP) is 4.04. The zero-order chi connectivity index (χ0) is 17.2. The second-order valence-corrected chi connectivity index (χ2v) is 5.08. The summed E-state index contributed by atoms with van der Waals surface area (Å²) < 4.78 is 47.1. The first-order valence-corrected chi connectivity index (χ1v) is 6.97. The van der Waals surface area contributed by atoms with Gasteiger partial charge in [-0.05, 0) is 18.1 Å². The Morgan fingerprint density at radius 1 is 1.08 bits per heavy atom. The fraction of sp³-hybridized carbons (Fsp3) is 0.188. The van der Waals surface area contributed by atoms with Crippen LogP contribution in [0.2, 0.25) is 0 Å². The fourth-order valence-corrected chi connectivity index (χ4v) is 1.90. The maximum Gasteiger partial charge on any atom is 0.471 e. The average Bonchev–Trinajstić information content (AvgIpc) is 3.05. The van der Waals surface area contributed by atoms with E-state index >= 15 is 0 Å². The Bertz CT molecular complexity index is 812. The molecule has 0 bridgehead atoms. The Hall–Kier alpha value is -2.90. The molecule has 0 unspecified atom stereocenters. The van der Waals surface area contributed by atoms with Gasteiger partial charge in [0.05, 0.1) is 0 Å². The van der Waals surface area contributed by atoms with Crippen molar-refractivity contribution in [2.45, 2.75) is 19.7 Å². The molecule has 0 aliphatic rings. The van der Waals surface area contributed by atoms with Gasteiger partial charge in [-0.25, -0.2) is 4.98 Å². The lowest BCUT2D eigenvalue weighted by atomic mass is 10.1. The van der Waals surface area contributed by atoms with Gasteiger partial charge in [-0.2, -0.15) is 18.2 Å². The molecule has 0 amide bonds. The Morgan fingerprint density at radius 3 is 2.42 bits per heavy atom. The summed E-state index contributed by atoms with van der Waals surface area (Å²) in [6.45, 7) is 2.22. The number of aromatic nitrogens is 3. The van der Waals surface area contributed by atoms with E-state index < -0.39 is 12.1 Å². The van der Waals surface area contributed by atoms with Gasteiger partial charge in [0.15, 0.2) is 0 Å². The number of halogens is 3. The minimum absolute atomic E-state index is 0.116. The Balaban J connectivity index is 1.67. The van der Waals surface area contributed by atoms with E-state index in [9.17, 15) is 13.2 Å². The van der Waals surface area contributed by atoms with Gasteiger partial charge in [-0.3, -0.25) is 0 Å². The zero-order valence-electron chi connectivity index (χ0n) is 12.5. The van der Waals surface area contributed by atoms with Gasteiger partial charge in [-0.15, -0.1) is 0 Å². The molecule has 0 radical (unpaired) electrons. The lowest BCUT2D eigenvalue weighted by Crippen LogP contribution is -2.04. The van der Waals surface area contributed by atoms with Crippen LogP contribution in [-0.4, -0.2) is 15.1 Å². The molecule has 2 heterocycles. The largest absolute Gasteiger partial charge is 0.473 e. The van der Waals surface area contributed by atoms with Crippen molar-refractivity contribution in [1.82, 2.24) is 15.1 Å². The summed E-state index contributed by atoms with van der Waals surface area (Å²) in [5.74, 6) is -0.983. The van der Waals surface area contributed by atoms with Gasteiger partial charge in [0.25, 0.3) is 0 Å². The van der Waals surface area contributed by atoms with Gasteiger partial charge >= 0.3 is 12.1 Å². The highest BCUT2D eigenvalue weighted by molar-refractivity contribution is 5.54. The van der Waals surface area contributed by atoms with Crippen molar-refractivity contribution in [2.75, 3.05) is 0 Å². The van der Waals surface area contributed by atoms with Crippen LogP contribution >= 0.6 is 0 Å². The third-order valence-electron chi connectivity index (χ3n) is 3.15. The first-order chi connectivity index (χ1) is 11.4. The number of nitrogens with zero attached hydrogens (tertiary/aromatic N) is 3. The topological polar surface area (TPSA) is 61.0 Å². The zero-order valence-corrected chi connectivity index (χ0v) is 12.5. The van der Waals surface area contributed by atoms with Crippen LogP contribution in [0.3, 0.4) is 0 Å². The molecule has 0 saturated carbocycles. The third kappa shape index (κ3) is 3.70. The Morgan fingerprint density at radius 2 is 1.83 bits per heavy atom. The molecule has 0 saturated heterocycles. The van der Waals surface area contributed by atoms with Crippen LogP contribution in [0.15, 0.2) is 47.1 Å².